The van der Waals surface area contributed by atoms with Crippen LogP contribution in [-0.4, -0.2) is 45.9 Å². The van der Waals surface area contributed by atoms with E-state index in [1.54, 1.807) is 31.3 Å². The van der Waals surface area contributed by atoms with Crippen LogP contribution < -0.4 is 5.73 Å². The molecule has 0 heterocycles. The highest BCUT2D eigenvalue weighted by Crippen LogP contribution is 2.49. The predicted molar refractivity (Wildman–Crippen MR) is 99.3 cm³/mol. The summed E-state index contributed by atoms with van der Waals surface area (Å²) in [4.78, 5) is 12.1. The zero-order valence-corrected chi connectivity index (χ0v) is 16.7. The Balaban J connectivity index is 0.00000312. The topological polar surface area (TPSA) is 89.7 Å². The van der Waals surface area contributed by atoms with E-state index in [9.17, 15) is 13.2 Å². The molecule has 0 aromatic heterocycles. The lowest BCUT2D eigenvalue weighted by Gasteiger charge is -2.28. The summed E-state index contributed by atoms with van der Waals surface area (Å²) in [6, 6.07) is 6.52. The number of hydrogen-bond donors (Lipinski definition) is 1. The number of halogens is 1. The Hall–Kier alpha value is -1.15. The number of benzene rings is 1. The maximum absolute atomic E-state index is 12.7. The number of rotatable bonds is 7. The highest BCUT2D eigenvalue weighted by atomic mass is 35.5. The molecule has 1 aliphatic carbocycles. The average molecular weight is 391 g/mol. The first-order valence-corrected chi connectivity index (χ1v) is 9.38. The molecule has 2 rings (SSSR count). The van der Waals surface area contributed by atoms with Crippen LogP contribution >= 0.6 is 12.4 Å². The third-order valence-corrected chi connectivity index (χ3v) is 6.46. The molecular formula is C17H27ClN2O4S. The van der Waals surface area contributed by atoms with Crippen molar-refractivity contribution >= 4 is 28.4 Å². The van der Waals surface area contributed by atoms with Gasteiger partial charge in [-0.3, -0.25) is 4.79 Å². The molecule has 25 heavy (non-hydrogen) atoms. The second-order valence-corrected chi connectivity index (χ2v) is 9.27. The van der Waals surface area contributed by atoms with Gasteiger partial charge in [0.05, 0.1) is 17.4 Å². The molecule has 1 fully saturated rings. The fourth-order valence-corrected chi connectivity index (χ4v) is 4.17. The standard InChI is InChI=1S/C17H26N2O4S.ClH/c1-16(2,11-18)12-19(3)24(21,22)14-7-5-13(6-8-14)17(9-10-17)15(20)23-4;/h5-8H,9-12,18H2,1-4H3;1H. The van der Waals surface area contributed by atoms with E-state index in [0.717, 1.165) is 18.4 Å². The molecule has 8 heteroatoms. The molecule has 1 saturated carbocycles. The Kier molecular flexibility index (Phi) is 6.67. The molecule has 0 bridgehead atoms. The number of sulfonamides is 1. The Morgan fingerprint density at radius 2 is 1.80 bits per heavy atom. The van der Waals surface area contributed by atoms with Gasteiger partial charge >= 0.3 is 5.97 Å². The van der Waals surface area contributed by atoms with E-state index in [1.165, 1.54) is 11.4 Å². The SMILES string of the molecule is COC(=O)C1(c2ccc(S(=O)(=O)N(C)CC(C)(C)CN)cc2)CC1.Cl. The highest BCUT2D eigenvalue weighted by molar-refractivity contribution is 7.89. The van der Waals surface area contributed by atoms with Crippen molar-refractivity contribution in [2.24, 2.45) is 11.1 Å². The van der Waals surface area contributed by atoms with Crippen LogP contribution in [0.2, 0.25) is 0 Å². The lowest BCUT2D eigenvalue weighted by molar-refractivity contribution is -0.143. The van der Waals surface area contributed by atoms with Crippen LogP contribution in [0.1, 0.15) is 32.3 Å². The van der Waals surface area contributed by atoms with E-state index >= 15 is 0 Å². The summed E-state index contributed by atoms with van der Waals surface area (Å²) in [5.74, 6) is -0.264. The Morgan fingerprint density at radius 1 is 1.28 bits per heavy atom. The number of hydrogen-bond acceptors (Lipinski definition) is 5. The summed E-state index contributed by atoms with van der Waals surface area (Å²) < 4.78 is 31.6. The largest absolute Gasteiger partial charge is 0.468 e. The van der Waals surface area contributed by atoms with E-state index in [2.05, 4.69) is 0 Å². The van der Waals surface area contributed by atoms with Crippen LogP contribution in [0.4, 0.5) is 0 Å². The average Bonchev–Trinajstić information content (AvgIpc) is 3.35. The van der Waals surface area contributed by atoms with E-state index in [-0.39, 0.29) is 28.7 Å². The van der Waals surface area contributed by atoms with E-state index in [1.807, 2.05) is 13.8 Å². The summed E-state index contributed by atoms with van der Waals surface area (Å²) in [6.45, 7) is 4.58. The van der Waals surface area contributed by atoms with Gasteiger partial charge in [0.25, 0.3) is 0 Å². The number of carbonyl (C=O) groups excluding carboxylic acids is 1. The minimum absolute atomic E-state index is 0. The molecule has 2 N–H and O–H groups in total. The van der Waals surface area contributed by atoms with Crippen molar-refractivity contribution in [3.8, 4) is 0 Å². The minimum Gasteiger partial charge on any atom is -0.468 e. The third-order valence-electron chi connectivity index (χ3n) is 4.64. The van der Waals surface area contributed by atoms with E-state index < -0.39 is 15.4 Å². The Bertz CT molecular complexity index is 713. The van der Waals surface area contributed by atoms with Crippen LogP contribution in [0.3, 0.4) is 0 Å². The number of esters is 1. The lowest BCUT2D eigenvalue weighted by atomic mass is 9.94. The van der Waals surface area contributed by atoms with Crippen molar-refractivity contribution in [1.82, 2.24) is 4.31 Å². The fourth-order valence-electron chi connectivity index (χ4n) is 2.81. The molecule has 0 saturated heterocycles. The van der Waals surface area contributed by atoms with Crippen molar-refractivity contribution in [1.29, 1.82) is 0 Å². The molecule has 0 atom stereocenters. The smallest absolute Gasteiger partial charge is 0.316 e. The molecule has 0 spiro atoms. The molecular weight excluding hydrogens is 364 g/mol. The van der Waals surface area contributed by atoms with Gasteiger partial charge in [-0.2, -0.15) is 0 Å². The predicted octanol–water partition coefficient (Wildman–Crippen LogP) is 1.92. The lowest BCUT2D eigenvalue weighted by Crippen LogP contribution is -2.39. The Morgan fingerprint density at radius 3 is 2.20 bits per heavy atom. The molecule has 0 aliphatic heterocycles. The van der Waals surface area contributed by atoms with E-state index in [0.29, 0.717) is 13.1 Å². The fraction of sp³-hybridized carbons (Fsp3) is 0.588. The summed E-state index contributed by atoms with van der Waals surface area (Å²) in [5, 5.41) is 0. The van der Waals surface area contributed by atoms with Crippen molar-refractivity contribution in [2.75, 3.05) is 27.2 Å². The van der Waals surface area contributed by atoms with Gasteiger partial charge < -0.3 is 10.5 Å². The first-order chi connectivity index (χ1) is 11.1. The first-order valence-electron chi connectivity index (χ1n) is 7.94. The van der Waals surface area contributed by atoms with Crippen LogP contribution in [0.5, 0.6) is 0 Å². The Labute approximate surface area is 156 Å². The van der Waals surface area contributed by atoms with Gasteiger partial charge in [0.2, 0.25) is 10.0 Å². The van der Waals surface area contributed by atoms with Gasteiger partial charge in [0.15, 0.2) is 0 Å². The van der Waals surface area contributed by atoms with E-state index in [4.69, 9.17) is 10.5 Å². The summed E-state index contributed by atoms with van der Waals surface area (Å²) >= 11 is 0. The molecule has 1 aromatic carbocycles. The van der Waals surface area contributed by atoms with Crippen LogP contribution in [-0.2, 0) is 25.0 Å². The first kappa shape index (κ1) is 21.9. The number of ether oxygens (including phenoxy) is 1. The monoisotopic (exact) mass is 390 g/mol. The molecule has 142 valence electrons. The number of methoxy groups -OCH3 is 1. The second kappa shape index (κ2) is 7.61. The summed E-state index contributed by atoms with van der Waals surface area (Å²) in [5.41, 5.74) is 5.60. The van der Waals surface area contributed by atoms with Gasteiger partial charge in [-0.25, -0.2) is 12.7 Å². The van der Waals surface area contributed by atoms with Crippen molar-refractivity contribution in [3.05, 3.63) is 29.8 Å². The van der Waals surface area contributed by atoms with Gasteiger partial charge in [-0.1, -0.05) is 26.0 Å². The zero-order chi connectivity index (χ0) is 18.2. The van der Waals surface area contributed by atoms with Crippen LogP contribution in [0.15, 0.2) is 29.2 Å². The number of nitrogens with zero attached hydrogens (tertiary/aromatic N) is 1. The minimum atomic E-state index is -3.59. The third kappa shape index (κ3) is 4.34. The summed E-state index contributed by atoms with van der Waals surface area (Å²) in [6.07, 6.45) is 1.47. The maximum atomic E-state index is 12.7. The molecule has 1 aliphatic rings. The molecule has 0 radical (unpaired) electrons. The van der Waals surface area contributed by atoms with Gasteiger partial charge in [0.1, 0.15) is 0 Å². The second-order valence-electron chi connectivity index (χ2n) is 7.23. The maximum Gasteiger partial charge on any atom is 0.316 e. The van der Waals surface area contributed by atoms with Crippen LogP contribution in [0.25, 0.3) is 0 Å². The highest BCUT2D eigenvalue weighted by Gasteiger charge is 2.52. The molecule has 0 unspecified atom stereocenters. The van der Waals surface area contributed by atoms with Gasteiger partial charge in [0, 0.05) is 13.6 Å². The van der Waals surface area contributed by atoms with Crippen LogP contribution in [0, 0.1) is 5.41 Å². The van der Waals surface area contributed by atoms with Crippen molar-refractivity contribution in [3.63, 3.8) is 0 Å². The number of nitrogens with two attached hydrogens (primary N) is 1. The zero-order valence-electron chi connectivity index (χ0n) is 15.1. The quantitative estimate of drug-likeness (QED) is 0.718. The van der Waals surface area contributed by atoms with Gasteiger partial charge in [-0.05, 0) is 42.5 Å². The molecule has 6 nitrogen and oxygen atoms in total. The molecule has 0 amide bonds. The van der Waals surface area contributed by atoms with Crippen molar-refractivity contribution in [2.45, 2.75) is 37.0 Å². The van der Waals surface area contributed by atoms with Gasteiger partial charge in [-0.15, -0.1) is 12.4 Å². The summed E-state index contributed by atoms with van der Waals surface area (Å²) in [7, 11) is -0.665. The normalized spacial score (nSPS) is 16.2. The number of carbonyl (C=O) groups is 1. The van der Waals surface area contributed by atoms with Crippen molar-refractivity contribution < 1.29 is 17.9 Å². The molecule has 1 aromatic rings.